The van der Waals surface area contributed by atoms with Gasteiger partial charge in [0.2, 0.25) is 0 Å². The largest absolute Gasteiger partial charge is 0.327 e. The molecule has 5 rings (SSSR count). The van der Waals surface area contributed by atoms with Gasteiger partial charge in [-0.25, -0.2) is 4.79 Å². The van der Waals surface area contributed by atoms with E-state index in [0.29, 0.717) is 5.69 Å². The standard InChI is InChI=1S/C23H17N5O6/c1-11-6-8-13(9-7-11)27-18-16(21(30)26(2)22(18)31)15(12-4-3-5-14(10-12)28(33)34)17-19(27)24-23(32)25-20(17)29/h3-10,15H,1-2H3,(H2,24,25,29,32). The number of hydrogen-bond acceptors (Lipinski definition) is 7. The molecule has 1 aromatic heterocycles. The maximum atomic E-state index is 13.3. The molecule has 1 atom stereocenters. The second-order valence-electron chi connectivity index (χ2n) is 8.06. The van der Waals surface area contributed by atoms with Crippen molar-refractivity contribution in [2.75, 3.05) is 11.9 Å². The van der Waals surface area contributed by atoms with Gasteiger partial charge in [-0.15, -0.1) is 0 Å². The highest BCUT2D eigenvalue weighted by Crippen LogP contribution is 2.48. The summed E-state index contributed by atoms with van der Waals surface area (Å²) >= 11 is 0. The lowest BCUT2D eigenvalue weighted by Crippen LogP contribution is -2.38. The number of aromatic nitrogens is 2. The van der Waals surface area contributed by atoms with E-state index in [2.05, 4.69) is 9.97 Å². The molecule has 170 valence electrons. The van der Waals surface area contributed by atoms with Crippen LogP contribution in [-0.4, -0.2) is 38.7 Å². The summed E-state index contributed by atoms with van der Waals surface area (Å²) in [6.45, 7) is 1.88. The van der Waals surface area contributed by atoms with Crippen molar-refractivity contribution in [1.82, 2.24) is 14.9 Å². The van der Waals surface area contributed by atoms with E-state index >= 15 is 0 Å². The van der Waals surface area contributed by atoms with Gasteiger partial charge in [0, 0.05) is 24.9 Å². The number of carbonyl (C=O) groups is 2. The maximum Gasteiger partial charge on any atom is 0.327 e. The second kappa shape index (κ2) is 7.37. The molecular formula is C23H17N5O6. The highest BCUT2D eigenvalue weighted by atomic mass is 16.6. The number of aryl methyl sites for hydroxylation is 1. The van der Waals surface area contributed by atoms with E-state index in [0.717, 1.165) is 10.5 Å². The Labute approximate surface area is 191 Å². The number of fused-ring (bicyclic) bond motifs is 1. The summed E-state index contributed by atoms with van der Waals surface area (Å²) in [5, 5.41) is 11.4. The molecule has 0 aliphatic carbocycles. The van der Waals surface area contributed by atoms with Crippen molar-refractivity contribution >= 4 is 29.0 Å². The topological polar surface area (TPSA) is 149 Å². The van der Waals surface area contributed by atoms with Gasteiger partial charge in [0.25, 0.3) is 23.1 Å². The summed E-state index contributed by atoms with van der Waals surface area (Å²) < 4.78 is 0. The normalized spacial score (nSPS) is 17.2. The van der Waals surface area contributed by atoms with Gasteiger partial charge in [0.1, 0.15) is 11.5 Å². The van der Waals surface area contributed by atoms with E-state index < -0.39 is 33.9 Å². The van der Waals surface area contributed by atoms with Gasteiger partial charge >= 0.3 is 5.69 Å². The fraction of sp³-hybridized carbons (Fsp3) is 0.130. The van der Waals surface area contributed by atoms with Crippen LogP contribution in [0.15, 0.2) is 69.4 Å². The lowest BCUT2D eigenvalue weighted by Gasteiger charge is -2.34. The monoisotopic (exact) mass is 459 g/mol. The zero-order valence-electron chi connectivity index (χ0n) is 18.0. The summed E-state index contributed by atoms with van der Waals surface area (Å²) in [6.07, 6.45) is 0. The predicted octanol–water partition coefficient (Wildman–Crippen LogP) is 1.82. The molecular weight excluding hydrogens is 442 g/mol. The first-order valence-corrected chi connectivity index (χ1v) is 10.2. The average Bonchev–Trinajstić information content (AvgIpc) is 3.02. The van der Waals surface area contributed by atoms with E-state index in [1.165, 1.54) is 36.2 Å². The summed E-state index contributed by atoms with van der Waals surface area (Å²) in [7, 11) is 1.32. The minimum atomic E-state index is -1.12. The third-order valence-corrected chi connectivity index (χ3v) is 5.99. The Kier molecular flexibility index (Phi) is 4.57. The van der Waals surface area contributed by atoms with Gasteiger partial charge in [-0.1, -0.05) is 29.8 Å². The predicted molar refractivity (Wildman–Crippen MR) is 121 cm³/mol. The van der Waals surface area contributed by atoms with Gasteiger partial charge in [-0.05, 0) is 24.6 Å². The second-order valence-corrected chi connectivity index (χ2v) is 8.06. The molecule has 1 unspecified atom stereocenters. The Balaban J connectivity index is 1.89. The van der Waals surface area contributed by atoms with Crippen molar-refractivity contribution in [3.05, 3.63) is 107 Å². The maximum absolute atomic E-state index is 13.3. The van der Waals surface area contributed by atoms with Crippen LogP contribution in [0.3, 0.4) is 0 Å². The molecule has 2 aliphatic rings. The number of benzene rings is 2. The minimum absolute atomic E-state index is 0.00128. The highest BCUT2D eigenvalue weighted by Gasteiger charge is 2.49. The number of amides is 2. The number of nitro groups is 1. The number of likely N-dealkylation sites (N-methyl/N-ethyl adjacent to an activating group) is 1. The van der Waals surface area contributed by atoms with Crippen molar-refractivity contribution in [3.63, 3.8) is 0 Å². The van der Waals surface area contributed by atoms with Crippen LogP contribution >= 0.6 is 0 Å². The third kappa shape index (κ3) is 2.98. The summed E-state index contributed by atoms with van der Waals surface area (Å²) in [5.74, 6) is -2.36. The smallest absolute Gasteiger partial charge is 0.293 e. The minimum Gasteiger partial charge on any atom is -0.293 e. The molecule has 0 bridgehead atoms. The number of aromatic amines is 2. The SMILES string of the molecule is Cc1ccc(N2C3=C(C(=O)N(C)C3=O)C(c3cccc([N+](=O)[O-])c3)c3c2[nH]c(=O)[nH]c3=O)cc1. The number of nitrogens with one attached hydrogen (secondary N) is 2. The Morgan fingerprint density at radius 1 is 0.971 bits per heavy atom. The number of nitro benzene ring substituents is 1. The number of imide groups is 1. The molecule has 11 nitrogen and oxygen atoms in total. The molecule has 0 radical (unpaired) electrons. The fourth-order valence-corrected chi connectivity index (χ4v) is 4.41. The molecule has 3 aromatic rings. The number of non-ortho nitro benzene ring substituents is 1. The number of anilines is 2. The highest BCUT2D eigenvalue weighted by molar-refractivity contribution is 6.23. The molecule has 2 N–H and O–H groups in total. The zero-order chi connectivity index (χ0) is 24.3. The Morgan fingerprint density at radius 2 is 1.68 bits per heavy atom. The van der Waals surface area contributed by atoms with Crippen LogP contribution in [0, 0.1) is 17.0 Å². The van der Waals surface area contributed by atoms with Gasteiger partial charge in [-0.3, -0.25) is 44.3 Å². The molecule has 0 spiro atoms. The van der Waals surface area contributed by atoms with Crippen LogP contribution in [0.25, 0.3) is 0 Å². The molecule has 2 amide bonds. The number of carbonyl (C=O) groups excluding carboxylic acids is 2. The molecule has 0 saturated heterocycles. The van der Waals surface area contributed by atoms with Crippen molar-refractivity contribution in [3.8, 4) is 0 Å². The van der Waals surface area contributed by atoms with E-state index in [-0.39, 0.29) is 33.9 Å². The van der Waals surface area contributed by atoms with Gasteiger partial charge in [-0.2, -0.15) is 0 Å². The number of hydrogen-bond donors (Lipinski definition) is 2. The van der Waals surface area contributed by atoms with Crippen LogP contribution in [0.4, 0.5) is 17.2 Å². The van der Waals surface area contributed by atoms with Crippen molar-refractivity contribution in [2.45, 2.75) is 12.8 Å². The van der Waals surface area contributed by atoms with Gasteiger partial charge < -0.3 is 0 Å². The van der Waals surface area contributed by atoms with E-state index in [4.69, 9.17) is 0 Å². The first kappa shape index (κ1) is 21.1. The van der Waals surface area contributed by atoms with Crippen LogP contribution in [0.1, 0.15) is 22.6 Å². The van der Waals surface area contributed by atoms with E-state index in [9.17, 15) is 29.3 Å². The van der Waals surface area contributed by atoms with Crippen LogP contribution in [0.5, 0.6) is 0 Å². The van der Waals surface area contributed by atoms with Gasteiger partial charge in [0.15, 0.2) is 0 Å². The van der Waals surface area contributed by atoms with Crippen LogP contribution in [-0.2, 0) is 9.59 Å². The van der Waals surface area contributed by atoms with E-state index in [1.54, 1.807) is 24.3 Å². The lowest BCUT2D eigenvalue weighted by molar-refractivity contribution is -0.384. The molecule has 3 heterocycles. The molecule has 34 heavy (non-hydrogen) atoms. The van der Waals surface area contributed by atoms with Crippen LogP contribution < -0.4 is 16.1 Å². The fourth-order valence-electron chi connectivity index (χ4n) is 4.41. The summed E-state index contributed by atoms with van der Waals surface area (Å²) in [5.41, 5.74) is -0.184. The summed E-state index contributed by atoms with van der Waals surface area (Å²) in [6, 6.07) is 12.5. The number of rotatable bonds is 3. The number of nitrogens with zero attached hydrogens (tertiary/aromatic N) is 3. The lowest BCUT2D eigenvalue weighted by atomic mass is 9.81. The Hall–Kier alpha value is -4.80. The molecule has 2 aromatic carbocycles. The average molecular weight is 459 g/mol. The van der Waals surface area contributed by atoms with Gasteiger partial charge in [0.05, 0.1) is 22.0 Å². The van der Waals surface area contributed by atoms with Crippen molar-refractivity contribution < 1.29 is 14.5 Å². The Bertz CT molecular complexity index is 1550. The third-order valence-electron chi connectivity index (χ3n) is 5.99. The van der Waals surface area contributed by atoms with E-state index in [1.807, 2.05) is 6.92 Å². The van der Waals surface area contributed by atoms with Crippen molar-refractivity contribution in [2.24, 2.45) is 0 Å². The summed E-state index contributed by atoms with van der Waals surface area (Å²) in [4.78, 5) is 69.8. The molecule has 11 heteroatoms. The Morgan fingerprint density at radius 3 is 2.35 bits per heavy atom. The quantitative estimate of drug-likeness (QED) is 0.345. The molecule has 2 aliphatic heterocycles. The molecule has 0 fully saturated rings. The van der Waals surface area contributed by atoms with Crippen molar-refractivity contribution in [1.29, 1.82) is 0 Å². The van der Waals surface area contributed by atoms with Crippen LogP contribution in [0.2, 0.25) is 0 Å². The first-order valence-electron chi connectivity index (χ1n) is 10.2. The first-order chi connectivity index (χ1) is 16.2. The zero-order valence-corrected chi connectivity index (χ0v) is 18.0. The number of H-pyrrole nitrogens is 2. The molecule has 0 saturated carbocycles.